The van der Waals surface area contributed by atoms with E-state index in [-0.39, 0.29) is 17.5 Å². The first-order valence-corrected chi connectivity index (χ1v) is 8.35. The molecule has 0 unspecified atom stereocenters. The van der Waals surface area contributed by atoms with Crippen molar-refractivity contribution < 1.29 is 14.3 Å². The van der Waals surface area contributed by atoms with Crippen LogP contribution in [0.5, 0.6) is 5.75 Å². The van der Waals surface area contributed by atoms with Crippen LogP contribution < -0.4 is 15.0 Å². The lowest BCUT2D eigenvalue weighted by molar-refractivity contribution is -0.129. The summed E-state index contributed by atoms with van der Waals surface area (Å²) in [5, 5.41) is 2.77. The molecule has 2 amide bonds. The Labute approximate surface area is 151 Å². The lowest BCUT2D eigenvalue weighted by Gasteiger charge is -2.34. The Morgan fingerprint density at radius 1 is 1.12 bits per heavy atom. The van der Waals surface area contributed by atoms with Gasteiger partial charge in [0.05, 0.1) is 19.5 Å². The molecule has 2 aromatic rings. The van der Waals surface area contributed by atoms with Crippen LogP contribution in [0, 0.1) is 0 Å². The van der Waals surface area contributed by atoms with Gasteiger partial charge in [-0.2, -0.15) is 0 Å². The topological polar surface area (TPSA) is 87.7 Å². The highest BCUT2D eigenvalue weighted by atomic mass is 16.5. The number of amides is 2. The van der Waals surface area contributed by atoms with E-state index in [0.717, 1.165) is 0 Å². The molecule has 26 heavy (non-hydrogen) atoms. The zero-order valence-electron chi connectivity index (χ0n) is 14.8. The Morgan fingerprint density at radius 2 is 1.88 bits per heavy atom. The minimum atomic E-state index is -0.335. The van der Waals surface area contributed by atoms with Crippen LogP contribution in [0.4, 0.5) is 11.5 Å². The summed E-state index contributed by atoms with van der Waals surface area (Å²) in [6, 6.07) is 7.10. The molecule has 1 aliphatic heterocycles. The van der Waals surface area contributed by atoms with Crippen LogP contribution in [0.25, 0.3) is 0 Å². The number of nitrogens with zero attached hydrogens (tertiary/aromatic N) is 4. The van der Waals surface area contributed by atoms with Gasteiger partial charge in [-0.25, -0.2) is 9.97 Å². The molecule has 0 bridgehead atoms. The Bertz CT molecular complexity index is 786. The van der Waals surface area contributed by atoms with E-state index in [1.807, 2.05) is 0 Å². The van der Waals surface area contributed by atoms with Crippen molar-refractivity contribution in [2.75, 3.05) is 43.5 Å². The van der Waals surface area contributed by atoms with E-state index in [0.29, 0.717) is 43.4 Å². The maximum absolute atomic E-state index is 12.3. The molecule has 8 heteroatoms. The van der Waals surface area contributed by atoms with Gasteiger partial charge in [0.2, 0.25) is 5.91 Å². The molecule has 8 nitrogen and oxygen atoms in total. The minimum Gasteiger partial charge on any atom is -0.497 e. The maximum Gasteiger partial charge on any atom is 0.275 e. The van der Waals surface area contributed by atoms with Crippen molar-refractivity contribution in [3.8, 4) is 5.75 Å². The van der Waals surface area contributed by atoms with Crippen molar-refractivity contribution in [2.45, 2.75) is 6.92 Å². The first-order valence-electron chi connectivity index (χ1n) is 8.35. The van der Waals surface area contributed by atoms with Crippen LogP contribution in [0.3, 0.4) is 0 Å². The van der Waals surface area contributed by atoms with Crippen molar-refractivity contribution >= 4 is 23.3 Å². The summed E-state index contributed by atoms with van der Waals surface area (Å²) in [7, 11) is 1.57. The number of nitrogens with one attached hydrogen (secondary N) is 1. The van der Waals surface area contributed by atoms with Gasteiger partial charge in [-0.3, -0.25) is 9.59 Å². The Hall–Kier alpha value is -3.16. The number of ether oxygens (including phenoxy) is 1. The number of rotatable bonds is 4. The number of hydrogen-bond acceptors (Lipinski definition) is 6. The fourth-order valence-electron chi connectivity index (χ4n) is 2.75. The Balaban J connectivity index is 1.62. The van der Waals surface area contributed by atoms with Gasteiger partial charge in [0, 0.05) is 44.9 Å². The highest BCUT2D eigenvalue weighted by Gasteiger charge is 2.20. The number of aromatic nitrogens is 2. The van der Waals surface area contributed by atoms with Gasteiger partial charge in [-0.15, -0.1) is 0 Å². The summed E-state index contributed by atoms with van der Waals surface area (Å²) in [6.07, 6.45) is 3.05. The smallest absolute Gasteiger partial charge is 0.275 e. The van der Waals surface area contributed by atoms with Crippen molar-refractivity contribution in [2.24, 2.45) is 0 Å². The normalized spacial score (nSPS) is 14.1. The number of methoxy groups -OCH3 is 1. The van der Waals surface area contributed by atoms with Crippen LogP contribution in [0.15, 0.2) is 36.7 Å². The molecule has 1 fully saturated rings. The number of anilines is 2. The third kappa shape index (κ3) is 4.08. The van der Waals surface area contributed by atoms with Gasteiger partial charge >= 0.3 is 0 Å². The summed E-state index contributed by atoms with van der Waals surface area (Å²) in [6.45, 7) is 4.29. The van der Waals surface area contributed by atoms with Crippen molar-refractivity contribution in [1.29, 1.82) is 0 Å². The molecule has 1 N–H and O–H groups in total. The number of hydrogen-bond donors (Lipinski definition) is 1. The number of carbonyl (C=O) groups excluding carboxylic acids is 2. The lowest BCUT2D eigenvalue weighted by Crippen LogP contribution is -2.48. The third-order valence-electron chi connectivity index (χ3n) is 4.25. The van der Waals surface area contributed by atoms with Gasteiger partial charge in [-0.1, -0.05) is 6.07 Å². The first kappa shape index (κ1) is 17.7. The highest BCUT2D eigenvalue weighted by molar-refractivity contribution is 6.02. The number of carbonyl (C=O) groups is 2. The first-order chi connectivity index (χ1) is 12.6. The van der Waals surface area contributed by atoms with Crippen molar-refractivity contribution in [1.82, 2.24) is 14.9 Å². The predicted octanol–water partition coefficient (Wildman–Crippen LogP) is 1.41. The Morgan fingerprint density at radius 3 is 2.50 bits per heavy atom. The van der Waals surface area contributed by atoms with Gasteiger partial charge in [0.25, 0.3) is 5.91 Å². The number of benzene rings is 1. The quantitative estimate of drug-likeness (QED) is 0.892. The second-order valence-electron chi connectivity index (χ2n) is 5.94. The fourth-order valence-corrected chi connectivity index (χ4v) is 2.75. The average molecular weight is 355 g/mol. The largest absolute Gasteiger partial charge is 0.497 e. The summed E-state index contributed by atoms with van der Waals surface area (Å²) < 4.78 is 5.14. The molecule has 136 valence electrons. The predicted molar refractivity (Wildman–Crippen MR) is 97.4 cm³/mol. The second-order valence-corrected chi connectivity index (χ2v) is 5.94. The summed E-state index contributed by atoms with van der Waals surface area (Å²) in [5.74, 6) is 1.11. The summed E-state index contributed by atoms with van der Waals surface area (Å²) >= 11 is 0. The van der Waals surface area contributed by atoms with Crippen LogP contribution in [0.2, 0.25) is 0 Å². The molecule has 2 heterocycles. The van der Waals surface area contributed by atoms with Gasteiger partial charge < -0.3 is 19.9 Å². The molecule has 0 radical (unpaired) electrons. The van der Waals surface area contributed by atoms with E-state index in [9.17, 15) is 9.59 Å². The van der Waals surface area contributed by atoms with Gasteiger partial charge in [-0.05, 0) is 12.1 Å². The second kappa shape index (κ2) is 7.81. The number of piperazine rings is 1. The molecule has 1 aromatic carbocycles. The fraction of sp³-hybridized carbons (Fsp3) is 0.333. The maximum atomic E-state index is 12.3. The zero-order chi connectivity index (χ0) is 18.5. The Kier molecular flexibility index (Phi) is 5.31. The van der Waals surface area contributed by atoms with Crippen molar-refractivity contribution in [3.05, 3.63) is 42.4 Å². The van der Waals surface area contributed by atoms with Crippen LogP contribution in [-0.2, 0) is 4.79 Å². The molecule has 1 aliphatic rings. The van der Waals surface area contributed by atoms with Gasteiger partial charge in [0.1, 0.15) is 17.3 Å². The molecular formula is C18H21N5O3. The van der Waals surface area contributed by atoms with Gasteiger partial charge in [0.15, 0.2) is 0 Å². The van der Waals surface area contributed by atoms with E-state index in [4.69, 9.17) is 4.74 Å². The zero-order valence-corrected chi connectivity index (χ0v) is 14.8. The molecule has 1 saturated heterocycles. The standard InChI is InChI=1S/C18H21N5O3/c1-13(24)22-6-8-23(9-7-22)17-12-19-16(11-20-17)18(25)21-14-4-3-5-15(10-14)26-2/h3-5,10-12H,6-9H2,1-2H3,(H,21,25). The van der Waals surface area contributed by atoms with E-state index in [2.05, 4.69) is 20.2 Å². The van der Waals surface area contributed by atoms with E-state index in [1.54, 1.807) is 49.4 Å². The SMILES string of the molecule is COc1cccc(NC(=O)c2cnc(N3CCN(C(C)=O)CC3)cn2)c1. The van der Waals surface area contributed by atoms with E-state index < -0.39 is 0 Å². The monoisotopic (exact) mass is 355 g/mol. The minimum absolute atomic E-state index is 0.0836. The van der Waals surface area contributed by atoms with Crippen LogP contribution in [0.1, 0.15) is 17.4 Å². The molecule has 0 aliphatic carbocycles. The lowest BCUT2D eigenvalue weighted by atomic mass is 10.3. The molecule has 1 aromatic heterocycles. The van der Waals surface area contributed by atoms with Crippen LogP contribution in [-0.4, -0.2) is 60.0 Å². The van der Waals surface area contributed by atoms with Crippen molar-refractivity contribution in [3.63, 3.8) is 0 Å². The summed E-state index contributed by atoms with van der Waals surface area (Å²) in [4.78, 5) is 36.1. The highest BCUT2D eigenvalue weighted by Crippen LogP contribution is 2.18. The molecule has 0 atom stereocenters. The summed E-state index contributed by atoms with van der Waals surface area (Å²) in [5.41, 5.74) is 0.861. The molecular weight excluding hydrogens is 334 g/mol. The third-order valence-corrected chi connectivity index (χ3v) is 4.25. The molecule has 0 spiro atoms. The van der Waals surface area contributed by atoms with E-state index in [1.165, 1.54) is 6.20 Å². The molecule has 3 rings (SSSR count). The van der Waals surface area contributed by atoms with Crippen LogP contribution >= 0.6 is 0 Å². The average Bonchev–Trinajstić information content (AvgIpc) is 2.68. The molecule has 0 saturated carbocycles. The van der Waals surface area contributed by atoms with E-state index >= 15 is 0 Å².